The quantitative estimate of drug-likeness (QED) is 0.766. The van der Waals surface area contributed by atoms with Crippen LogP contribution >= 0.6 is 11.3 Å². The summed E-state index contributed by atoms with van der Waals surface area (Å²) in [5.74, 6) is 0. The minimum Gasteiger partial charge on any atom is -0.380 e. The molecule has 5 nitrogen and oxygen atoms in total. The van der Waals surface area contributed by atoms with Crippen molar-refractivity contribution < 1.29 is 8.42 Å². The standard InChI is InChI=1S/C13H17N3O2S2/c1-2-12-6-7-13(19-12)9-15-10-4-3-5-11(8-10)16-20(14,17)18/h3-8,15-16H,2,9H2,1H3,(H2,14,17,18). The molecule has 4 N–H and O–H groups in total. The number of benzene rings is 1. The monoisotopic (exact) mass is 311 g/mol. The van der Waals surface area contributed by atoms with E-state index in [4.69, 9.17) is 5.14 Å². The molecule has 0 atom stereocenters. The molecule has 0 aliphatic heterocycles. The second kappa shape index (κ2) is 6.25. The van der Waals surface area contributed by atoms with Crippen LogP contribution in [0.25, 0.3) is 0 Å². The predicted octanol–water partition coefficient (Wildman–Crippen LogP) is 2.54. The molecule has 20 heavy (non-hydrogen) atoms. The SMILES string of the molecule is CCc1ccc(CNc2cccc(NS(N)(=O)=O)c2)s1. The van der Waals surface area contributed by atoms with E-state index >= 15 is 0 Å². The Bertz CT molecular complexity index is 680. The molecule has 1 aromatic heterocycles. The van der Waals surface area contributed by atoms with E-state index < -0.39 is 10.2 Å². The Morgan fingerprint density at radius 2 is 1.85 bits per heavy atom. The lowest BCUT2D eigenvalue weighted by Gasteiger charge is -2.08. The molecule has 0 radical (unpaired) electrons. The summed E-state index contributed by atoms with van der Waals surface area (Å²) in [6, 6.07) is 11.2. The topological polar surface area (TPSA) is 84.2 Å². The lowest BCUT2D eigenvalue weighted by Crippen LogP contribution is -2.21. The van der Waals surface area contributed by atoms with Gasteiger partial charge in [-0.05, 0) is 36.8 Å². The van der Waals surface area contributed by atoms with E-state index in [0.717, 1.165) is 12.1 Å². The van der Waals surface area contributed by atoms with Gasteiger partial charge in [0.05, 0.1) is 5.69 Å². The third-order valence-corrected chi connectivity index (χ3v) is 4.40. The molecule has 0 fully saturated rings. The van der Waals surface area contributed by atoms with E-state index in [1.165, 1.54) is 9.75 Å². The number of anilines is 2. The number of rotatable bonds is 6. The van der Waals surface area contributed by atoms with Crippen LogP contribution in [0.5, 0.6) is 0 Å². The van der Waals surface area contributed by atoms with E-state index in [9.17, 15) is 8.42 Å². The van der Waals surface area contributed by atoms with Gasteiger partial charge in [-0.15, -0.1) is 11.3 Å². The van der Waals surface area contributed by atoms with Gasteiger partial charge in [-0.1, -0.05) is 13.0 Å². The van der Waals surface area contributed by atoms with Gasteiger partial charge in [0.2, 0.25) is 0 Å². The molecule has 0 saturated carbocycles. The van der Waals surface area contributed by atoms with Gasteiger partial charge in [0.15, 0.2) is 0 Å². The summed E-state index contributed by atoms with van der Waals surface area (Å²) in [5.41, 5.74) is 1.28. The van der Waals surface area contributed by atoms with Crippen molar-refractivity contribution in [2.45, 2.75) is 19.9 Å². The van der Waals surface area contributed by atoms with Crippen LogP contribution in [0.3, 0.4) is 0 Å². The molecule has 0 unspecified atom stereocenters. The Kier molecular flexibility index (Phi) is 4.64. The number of hydrogen-bond acceptors (Lipinski definition) is 4. The highest BCUT2D eigenvalue weighted by molar-refractivity contribution is 7.90. The van der Waals surface area contributed by atoms with Crippen molar-refractivity contribution >= 4 is 32.9 Å². The lowest BCUT2D eigenvalue weighted by molar-refractivity contribution is 0.603. The maximum atomic E-state index is 11.0. The highest BCUT2D eigenvalue weighted by Gasteiger charge is 2.03. The molecule has 0 spiro atoms. The summed E-state index contributed by atoms with van der Waals surface area (Å²) in [6.07, 6.45) is 1.04. The summed E-state index contributed by atoms with van der Waals surface area (Å²) in [6.45, 7) is 2.84. The summed E-state index contributed by atoms with van der Waals surface area (Å²) in [5, 5.41) is 8.20. The molecule has 108 valence electrons. The second-order valence-corrected chi connectivity index (χ2v) is 6.85. The van der Waals surface area contributed by atoms with E-state index in [1.807, 2.05) is 6.07 Å². The average Bonchev–Trinajstić information content (AvgIpc) is 2.83. The second-order valence-electron chi connectivity index (χ2n) is 4.30. The van der Waals surface area contributed by atoms with Gasteiger partial charge in [-0.3, -0.25) is 4.72 Å². The molecule has 0 saturated heterocycles. The summed E-state index contributed by atoms with van der Waals surface area (Å²) in [7, 11) is -3.74. The van der Waals surface area contributed by atoms with Gasteiger partial charge in [0.1, 0.15) is 0 Å². The molecular formula is C13H17N3O2S2. The van der Waals surface area contributed by atoms with E-state index in [1.54, 1.807) is 29.5 Å². The summed E-state index contributed by atoms with van der Waals surface area (Å²) < 4.78 is 24.2. The van der Waals surface area contributed by atoms with Crippen molar-refractivity contribution in [3.05, 3.63) is 46.2 Å². The van der Waals surface area contributed by atoms with Crippen LogP contribution in [0, 0.1) is 0 Å². The molecule has 0 aliphatic rings. The van der Waals surface area contributed by atoms with Crippen LogP contribution in [0.15, 0.2) is 36.4 Å². The van der Waals surface area contributed by atoms with Gasteiger partial charge >= 0.3 is 0 Å². The first-order valence-electron chi connectivity index (χ1n) is 6.18. The smallest absolute Gasteiger partial charge is 0.296 e. The van der Waals surface area contributed by atoms with E-state index in [0.29, 0.717) is 12.2 Å². The molecule has 7 heteroatoms. The fourth-order valence-electron chi connectivity index (χ4n) is 1.75. The fraction of sp³-hybridized carbons (Fsp3) is 0.231. The molecular weight excluding hydrogens is 294 g/mol. The van der Waals surface area contributed by atoms with Gasteiger partial charge < -0.3 is 5.32 Å². The number of aryl methyl sites for hydroxylation is 1. The van der Waals surface area contributed by atoms with Crippen molar-refractivity contribution in [1.29, 1.82) is 0 Å². The molecule has 0 bridgehead atoms. The normalized spacial score (nSPS) is 11.3. The number of nitrogens with two attached hydrogens (primary N) is 1. The fourth-order valence-corrected chi connectivity index (χ4v) is 3.11. The first kappa shape index (κ1) is 14.8. The number of thiophene rings is 1. The Hall–Kier alpha value is -1.57. The summed E-state index contributed by atoms with van der Waals surface area (Å²) >= 11 is 1.77. The van der Waals surface area contributed by atoms with Crippen molar-refractivity contribution in [2.24, 2.45) is 5.14 Å². The first-order valence-corrected chi connectivity index (χ1v) is 8.54. The number of hydrogen-bond donors (Lipinski definition) is 3. The highest BCUT2D eigenvalue weighted by Crippen LogP contribution is 2.20. The minimum atomic E-state index is -3.74. The van der Waals surface area contributed by atoms with Crippen molar-refractivity contribution in [3.63, 3.8) is 0 Å². The Morgan fingerprint density at radius 3 is 2.50 bits per heavy atom. The lowest BCUT2D eigenvalue weighted by atomic mass is 10.3. The molecule has 0 amide bonds. The first-order chi connectivity index (χ1) is 9.46. The molecule has 1 aromatic carbocycles. The zero-order valence-corrected chi connectivity index (χ0v) is 12.7. The van der Waals surface area contributed by atoms with Gasteiger partial charge in [-0.2, -0.15) is 8.42 Å². The molecule has 0 aliphatic carbocycles. The van der Waals surface area contributed by atoms with Crippen molar-refractivity contribution in [2.75, 3.05) is 10.0 Å². The Morgan fingerprint density at radius 1 is 1.15 bits per heavy atom. The van der Waals surface area contributed by atoms with E-state index in [2.05, 4.69) is 29.1 Å². The van der Waals surface area contributed by atoms with Crippen molar-refractivity contribution in [1.82, 2.24) is 0 Å². The summed E-state index contributed by atoms with van der Waals surface area (Å²) in [4.78, 5) is 2.60. The maximum absolute atomic E-state index is 11.0. The van der Waals surface area contributed by atoms with Crippen LogP contribution in [-0.4, -0.2) is 8.42 Å². The third kappa shape index (κ3) is 4.52. The zero-order chi connectivity index (χ0) is 14.6. The van der Waals surface area contributed by atoms with Crippen molar-refractivity contribution in [3.8, 4) is 0 Å². The maximum Gasteiger partial charge on any atom is 0.296 e. The third-order valence-electron chi connectivity index (χ3n) is 2.66. The highest BCUT2D eigenvalue weighted by atomic mass is 32.2. The van der Waals surface area contributed by atoms with Crippen LogP contribution < -0.4 is 15.2 Å². The molecule has 2 rings (SSSR count). The average molecular weight is 311 g/mol. The largest absolute Gasteiger partial charge is 0.380 e. The molecule has 2 aromatic rings. The Balaban J connectivity index is 2.01. The zero-order valence-electron chi connectivity index (χ0n) is 11.1. The van der Waals surface area contributed by atoms with Crippen LogP contribution in [0.1, 0.15) is 16.7 Å². The molecule has 1 heterocycles. The Labute approximate surface area is 123 Å². The predicted molar refractivity (Wildman–Crippen MR) is 84.2 cm³/mol. The van der Waals surface area contributed by atoms with Crippen LogP contribution in [0.2, 0.25) is 0 Å². The van der Waals surface area contributed by atoms with Gasteiger partial charge in [0, 0.05) is 22.0 Å². The van der Waals surface area contributed by atoms with Gasteiger partial charge in [0.25, 0.3) is 10.2 Å². The van der Waals surface area contributed by atoms with Gasteiger partial charge in [-0.25, -0.2) is 5.14 Å². The van der Waals surface area contributed by atoms with E-state index in [-0.39, 0.29) is 0 Å². The van der Waals surface area contributed by atoms with Crippen LogP contribution in [-0.2, 0) is 23.2 Å². The van der Waals surface area contributed by atoms with Crippen LogP contribution in [0.4, 0.5) is 11.4 Å². The number of nitrogens with one attached hydrogen (secondary N) is 2. The minimum absolute atomic E-state index is 0.443.